The van der Waals surface area contributed by atoms with Crippen LogP contribution in [0.2, 0.25) is 5.02 Å². The molecule has 0 amide bonds. The number of H-pyrrole nitrogens is 1. The molecule has 2 heterocycles. The third-order valence-corrected chi connectivity index (χ3v) is 3.50. The molecule has 0 aliphatic heterocycles. The van der Waals surface area contributed by atoms with Gasteiger partial charge in [0.25, 0.3) is 5.56 Å². The van der Waals surface area contributed by atoms with Crippen LogP contribution in [0.15, 0.2) is 27.6 Å². The van der Waals surface area contributed by atoms with Gasteiger partial charge in [-0.15, -0.1) is 0 Å². The summed E-state index contributed by atoms with van der Waals surface area (Å²) in [4.78, 5) is 23.3. The molecule has 2 rings (SSSR count). The minimum Gasteiger partial charge on any atom is -0.304 e. The van der Waals surface area contributed by atoms with Crippen LogP contribution in [0.25, 0.3) is 11.5 Å². The van der Waals surface area contributed by atoms with Crippen LogP contribution in [0.5, 0.6) is 0 Å². The molecule has 19 heavy (non-hydrogen) atoms. The maximum Gasteiger partial charge on any atom is 0.265 e. The average molecular weight is 343 g/mol. The van der Waals surface area contributed by atoms with Crippen molar-refractivity contribution in [1.82, 2.24) is 15.0 Å². The van der Waals surface area contributed by atoms with Crippen LogP contribution in [0.3, 0.4) is 0 Å². The Labute approximate surface area is 124 Å². The molecule has 0 saturated carbocycles. The predicted molar refractivity (Wildman–Crippen MR) is 79.5 cm³/mol. The fraction of sp³-hybridized carbons (Fsp3) is 0.308. The molecule has 4 nitrogen and oxygen atoms in total. The lowest BCUT2D eigenvalue weighted by atomic mass is 9.92. The van der Waals surface area contributed by atoms with Gasteiger partial charge in [-0.25, -0.2) is 4.98 Å². The first-order valence-electron chi connectivity index (χ1n) is 5.71. The van der Waals surface area contributed by atoms with Crippen molar-refractivity contribution in [2.75, 3.05) is 0 Å². The molecule has 0 atom stereocenters. The monoisotopic (exact) mass is 341 g/mol. The van der Waals surface area contributed by atoms with E-state index in [4.69, 9.17) is 11.6 Å². The van der Waals surface area contributed by atoms with Crippen LogP contribution >= 0.6 is 27.5 Å². The van der Waals surface area contributed by atoms with Gasteiger partial charge >= 0.3 is 0 Å². The number of halogens is 2. The highest BCUT2D eigenvalue weighted by atomic mass is 79.9. The molecule has 6 heteroatoms. The lowest BCUT2D eigenvalue weighted by Crippen LogP contribution is -2.22. The number of hydrogen-bond acceptors (Lipinski definition) is 3. The lowest BCUT2D eigenvalue weighted by Gasteiger charge is -2.19. The van der Waals surface area contributed by atoms with Gasteiger partial charge in [0, 0.05) is 11.6 Å². The van der Waals surface area contributed by atoms with Crippen LogP contribution in [-0.4, -0.2) is 15.0 Å². The Balaban J connectivity index is 2.63. The largest absolute Gasteiger partial charge is 0.304 e. The first kappa shape index (κ1) is 14.2. The second kappa shape index (κ2) is 5.06. The van der Waals surface area contributed by atoms with Gasteiger partial charge in [0.1, 0.15) is 10.2 Å². The SMILES string of the molecule is CC(C)(C)c1nc(-c2ccc(Cl)cn2)[nH]c(=O)c1Br. The summed E-state index contributed by atoms with van der Waals surface area (Å²) in [5, 5.41) is 0.541. The standard InChI is InChI=1S/C13H13BrClN3O/c1-13(2,3)10-9(14)12(19)18-11(17-10)8-5-4-7(15)6-16-8/h4-6H,1-3H3,(H,17,18,19). The summed E-state index contributed by atoms with van der Waals surface area (Å²) in [5.74, 6) is 0.440. The van der Waals surface area contributed by atoms with E-state index in [1.54, 1.807) is 12.1 Å². The molecule has 0 saturated heterocycles. The van der Waals surface area contributed by atoms with E-state index in [0.29, 0.717) is 26.7 Å². The van der Waals surface area contributed by atoms with Crippen LogP contribution < -0.4 is 5.56 Å². The zero-order valence-electron chi connectivity index (χ0n) is 10.8. The molecular formula is C13H13BrClN3O. The van der Waals surface area contributed by atoms with Gasteiger partial charge in [0.05, 0.1) is 10.7 Å². The van der Waals surface area contributed by atoms with E-state index >= 15 is 0 Å². The maximum absolute atomic E-state index is 12.0. The molecule has 1 N–H and O–H groups in total. The van der Waals surface area contributed by atoms with Gasteiger partial charge in [0.2, 0.25) is 0 Å². The van der Waals surface area contributed by atoms with Crippen molar-refractivity contribution in [2.45, 2.75) is 26.2 Å². The minimum absolute atomic E-state index is 0.216. The van der Waals surface area contributed by atoms with E-state index < -0.39 is 0 Å². The summed E-state index contributed by atoms with van der Waals surface area (Å²) >= 11 is 9.08. The highest BCUT2D eigenvalue weighted by Crippen LogP contribution is 2.26. The first-order valence-corrected chi connectivity index (χ1v) is 6.88. The van der Waals surface area contributed by atoms with Crippen molar-refractivity contribution in [2.24, 2.45) is 0 Å². The molecule has 2 aromatic heterocycles. The summed E-state index contributed by atoms with van der Waals surface area (Å²) < 4.78 is 0.456. The smallest absolute Gasteiger partial charge is 0.265 e. The number of pyridine rings is 1. The van der Waals surface area contributed by atoms with Crippen LogP contribution in [0.4, 0.5) is 0 Å². The molecule has 2 aromatic rings. The van der Waals surface area contributed by atoms with Crippen LogP contribution in [0, 0.1) is 0 Å². The Bertz CT molecular complexity index is 659. The maximum atomic E-state index is 12.0. The molecule has 0 bridgehead atoms. The highest BCUT2D eigenvalue weighted by Gasteiger charge is 2.22. The average Bonchev–Trinajstić information content (AvgIpc) is 2.32. The summed E-state index contributed by atoms with van der Waals surface area (Å²) in [6.07, 6.45) is 1.52. The molecule has 0 unspecified atom stereocenters. The molecule has 0 fully saturated rings. The second-order valence-corrected chi connectivity index (χ2v) is 6.42. The topological polar surface area (TPSA) is 58.6 Å². The van der Waals surface area contributed by atoms with Gasteiger partial charge in [-0.05, 0) is 28.1 Å². The minimum atomic E-state index is -0.242. The van der Waals surface area contributed by atoms with Gasteiger partial charge in [-0.2, -0.15) is 0 Å². The van der Waals surface area contributed by atoms with Crippen molar-refractivity contribution in [3.05, 3.63) is 43.9 Å². The Morgan fingerprint density at radius 3 is 2.53 bits per heavy atom. The fourth-order valence-corrected chi connectivity index (χ4v) is 2.49. The van der Waals surface area contributed by atoms with Crippen molar-refractivity contribution in [3.63, 3.8) is 0 Å². The Kier molecular flexibility index (Phi) is 3.78. The van der Waals surface area contributed by atoms with Gasteiger partial charge in [-0.1, -0.05) is 32.4 Å². The Hall–Kier alpha value is -1.20. The van der Waals surface area contributed by atoms with E-state index in [-0.39, 0.29) is 11.0 Å². The molecule has 0 aliphatic carbocycles. The van der Waals surface area contributed by atoms with Crippen molar-refractivity contribution in [1.29, 1.82) is 0 Å². The van der Waals surface area contributed by atoms with Gasteiger partial charge in [-0.3, -0.25) is 9.78 Å². The van der Waals surface area contributed by atoms with E-state index in [1.165, 1.54) is 6.20 Å². The summed E-state index contributed by atoms with van der Waals surface area (Å²) in [5.41, 5.74) is 0.822. The number of nitrogens with one attached hydrogen (secondary N) is 1. The molecule has 0 radical (unpaired) electrons. The molecule has 100 valence electrons. The predicted octanol–water partition coefficient (Wildman–Crippen LogP) is 3.55. The number of rotatable bonds is 1. The molecule has 0 spiro atoms. The van der Waals surface area contributed by atoms with E-state index in [0.717, 1.165) is 0 Å². The zero-order valence-corrected chi connectivity index (χ0v) is 13.1. The first-order chi connectivity index (χ1) is 8.79. The fourth-order valence-electron chi connectivity index (χ4n) is 1.59. The molecular weight excluding hydrogens is 330 g/mol. The number of aromatic nitrogens is 3. The lowest BCUT2D eigenvalue weighted by molar-refractivity contribution is 0.562. The summed E-state index contributed by atoms with van der Waals surface area (Å²) in [6, 6.07) is 3.43. The van der Waals surface area contributed by atoms with Crippen molar-refractivity contribution in [3.8, 4) is 11.5 Å². The van der Waals surface area contributed by atoms with E-state index in [2.05, 4.69) is 30.9 Å². The van der Waals surface area contributed by atoms with E-state index in [9.17, 15) is 4.79 Å². The normalized spacial score (nSPS) is 11.6. The number of aromatic amines is 1. The van der Waals surface area contributed by atoms with Crippen LogP contribution in [-0.2, 0) is 5.41 Å². The third-order valence-electron chi connectivity index (χ3n) is 2.54. The molecule has 0 aromatic carbocycles. The van der Waals surface area contributed by atoms with Crippen molar-refractivity contribution >= 4 is 27.5 Å². The highest BCUT2D eigenvalue weighted by molar-refractivity contribution is 9.10. The number of hydrogen-bond donors (Lipinski definition) is 1. The number of nitrogens with zero attached hydrogens (tertiary/aromatic N) is 2. The van der Waals surface area contributed by atoms with E-state index in [1.807, 2.05) is 20.8 Å². The van der Waals surface area contributed by atoms with Crippen LogP contribution in [0.1, 0.15) is 26.5 Å². The van der Waals surface area contributed by atoms with Gasteiger partial charge in [0.15, 0.2) is 5.82 Å². The zero-order chi connectivity index (χ0) is 14.2. The van der Waals surface area contributed by atoms with Gasteiger partial charge < -0.3 is 4.98 Å². The van der Waals surface area contributed by atoms with Crippen molar-refractivity contribution < 1.29 is 0 Å². The Morgan fingerprint density at radius 1 is 1.32 bits per heavy atom. The Morgan fingerprint density at radius 2 is 2.00 bits per heavy atom. The summed E-state index contributed by atoms with van der Waals surface area (Å²) in [6.45, 7) is 6.00. The third kappa shape index (κ3) is 3.04. The second-order valence-electron chi connectivity index (χ2n) is 5.19. The summed E-state index contributed by atoms with van der Waals surface area (Å²) in [7, 11) is 0. The molecule has 0 aliphatic rings. The quantitative estimate of drug-likeness (QED) is 0.862.